The number of carboxylic acids is 2. The van der Waals surface area contributed by atoms with Crippen LogP contribution in [0.2, 0.25) is 0 Å². The second-order valence-corrected chi connectivity index (χ2v) is 6.75. The van der Waals surface area contributed by atoms with Crippen molar-refractivity contribution < 1.29 is 19.8 Å². The Kier molecular flexibility index (Phi) is 6.22. The van der Waals surface area contributed by atoms with Crippen molar-refractivity contribution in [3.05, 3.63) is 106 Å². The Bertz CT molecular complexity index is 881. The smallest absolute Gasteiger partial charge is 0.335 e. The minimum atomic E-state index is -1.03. The van der Waals surface area contributed by atoms with Crippen LogP contribution in [-0.4, -0.2) is 22.2 Å². The number of hydrogen-bond acceptors (Lipinski definition) is 2. The summed E-state index contributed by atoms with van der Waals surface area (Å²) in [6, 6.07) is 22.6. The van der Waals surface area contributed by atoms with Gasteiger partial charge in [-0.05, 0) is 60.1 Å². The van der Waals surface area contributed by atoms with Crippen LogP contribution in [0.25, 0.3) is 0 Å². The molecule has 4 nitrogen and oxygen atoms in total. The summed E-state index contributed by atoms with van der Waals surface area (Å²) in [5.74, 6) is -2.05. The first-order valence-corrected chi connectivity index (χ1v) is 9.25. The van der Waals surface area contributed by atoms with E-state index in [2.05, 4.69) is 0 Å². The molecule has 4 heteroatoms. The maximum absolute atomic E-state index is 11.8. The van der Waals surface area contributed by atoms with Crippen LogP contribution in [0.3, 0.4) is 0 Å². The predicted molar refractivity (Wildman–Crippen MR) is 108 cm³/mol. The third-order valence-electron chi connectivity index (χ3n) is 4.84. The zero-order valence-electron chi connectivity index (χ0n) is 15.5. The van der Waals surface area contributed by atoms with Gasteiger partial charge >= 0.3 is 11.9 Å². The third-order valence-corrected chi connectivity index (χ3v) is 4.84. The van der Waals surface area contributed by atoms with Crippen LogP contribution in [0, 0.1) is 0 Å². The lowest BCUT2D eigenvalue weighted by atomic mass is 9.91. The lowest BCUT2D eigenvalue weighted by molar-refractivity contribution is 0.0679. The predicted octanol–water partition coefficient (Wildman–Crippen LogP) is 4.65. The van der Waals surface area contributed by atoms with Crippen LogP contribution in [0.4, 0.5) is 0 Å². The van der Waals surface area contributed by atoms with E-state index in [-0.39, 0.29) is 11.1 Å². The fraction of sp³-hybridized carbons (Fsp3) is 0.167. The second-order valence-electron chi connectivity index (χ2n) is 6.75. The van der Waals surface area contributed by atoms with E-state index < -0.39 is 11.9 Å². The summed E-state index contributed by atoms with van der Waals surface area (Å²) in [6.45, 7) is 0. The summed E-state index contributed by atoms with van der Waals surface area (Å²) in [5, 5.41) is 19.3. The Balaban J connectivity index is 1.88. The molecule has 142 valence electrons. The molecular formula is C24H22O4. The molecule has 0 aliphatic carbocycles. The van der Waals surface area contributed by atoms with Crippen molar-refractivity contribution in [3.8, 4) is 0 Å². The monoisotopic (exact) mass is 374 g/mol. The lowest BCUT2D eigenvalue weighted by Crippen LogP contribution is -2.11. The average Bonchev–Trinajstić information content (AvgIpc) is 2.71. The SMILES string of the molecule is O=C(O)c1cc(CCc2ccccc2)c(C(=O)O)cc1CCc1ccccc1. The summed E-state index contributed by atoms with van der Waals surface area (Å²) in [6.07, 6.45) is 2.27. The molecule has 0 heterocycles. The van der Waals surface area contributed by atoms with Crippen LogP contribution in [0.5, 0.6) is 0 Å². The van der Waals surface area contributed by atoms with Crippen molar-refractivity contribution in [3.63, 3.8) is 0 Å². The molecule has 0 spiro atoms. The van der Waals surface area contributed by atoms with Gasteiger partial charge in [-0.2, -0.15) is 0 Å². The zero-order valence-corrected chi connectivity index (χ0v) is 15.5. The number of rotatable bonds is 8. The quantitative estimate of drug-likeness (QED) is 0.602. The minimum Gasteiger partial charge on any atom is -0.478 e. The zero-order chi connectivity index (χ0) is 19.9. The van der Waals surface area contributed by atoms with Gasteiger partial charge in [-0.15, -0.1) is 0 Å². The highest BCUT2D eigenvalue weighted by molar-refractivity contribution is 5.94. The highest BCUT2D eigenvalue weighted by atomic mass is 16.4. The molecule has 0 radical (unpaired) electrons. The first-order chi connectivity index (χ1) is 13.5. The largest absolute Gasteiger partial charge is 0.478 e. The number of hydrogen-bond donors (Lipinski definition) is 2. The third kappa shape index (κ3) is 4.86. The summed E-state index contributed by atoms with van der Waals surface area (Å²) in [4.78, 5) is 23.6. The molecular weight excluding hydrogens is 352 g/mol. The van der Waals surface area contributed by atoms with E-state index in [9.17, 15) is 19.8 Å². The fourth-order valence-corrected chi connectivity index (χ4v) is 3.35. The Hall–Kier alpha value is -3.40. The van der Waals surface area contributed by atoms with E-state index in [4.69, 9.17) is 0 Å². The Morgan fingerprint density at radius 2 is 0.929 bits per heavy atom. The standard InChI is InChI=1S/C24H22O4/c25-23(26)21-16-20(14-12-18-9-5-2-6-10-18)22(24(27)28)15-19(21)13-11-17-7-3-1-4-8-17/h1-10,15-16H,11-14H2,(H,25,26)(H,27,28). The number of aryl methyl sites for hydroxylation is 4. The second kappa shape index (κ2) is 9.00. The molecule has 0 fully saturated rings. The van der Waals surface area contributed by atoms with Gasteiger partial charge in [0.25, 0.3) is 0 Å². The Morgan fingerprint density at radius 1 is 0.571 bits per heavy atom. The molecule has 0 unspecified atom stereocenters. The van der Waals surface area contributed by atoms with Gasteiger partial charge in [0.2, 0.25) is 0 Å². The van der Waals surface area contributed by atoms with Gasteiger partial charge in [-0.1, -0.05) is 60.7 Å². The van der Waals surface area contributed by atoms with Crippen molar-refractivity contribution in [1.82, 2.24) is 0 Å². The van der Waals surface area contributed by atoms with E-state index in [1.54, 1.807) is 0 Å². The van der Waals surface area contributed by atoms with E-state index in [0.29, 0.717) is 36.8 Å². The fourth-order valence-electron chi connectivity index (χ4n) is 3.35. The highest BCUT2D eigenvalue weighted by Gasteiger charge is 2.18. The average molecular weight is 374 g/mol. The van der Waals surface area contributed by atoms with Crippen molar-refractivity contribution in [2.45, 2.75) is 25.7 Å². The lowest BCUT2D eigenvalue weighted by Gasteiger charge is -2.13. The molecule has 0 saturated heterocycles. The summed E-state index contributed by atoms with van der Waals surface area (Å²) in [7, 11) is 0. The van der Waals surface area contributed by atoms with Gasteiger partial charge in [-0.25, -0.2) is 9.59 Å². The molecule has 0 atom stereocenters. The summed E-state index contributed by atoms with van der Waals surface area (Å²) < 4.78 is 0. The summed E-state index contributed by atoms with van der Waals surface area (Å²) >= 11 is 0. The van der Waals surface area contributed by atoms with Crippen LogP contribution in [0.15, 0.2) is 72.8 Å². The Morgan fingerprint density at radius 3 is 1.25 bits per heavy atom. The molecule has 0 amide bonds. The van der Waals surface area contributed by atoms with Crippen LogP contribution >= 0.6 is 0 Å². The minimum absolute atomic E-state index is 0.184. The normalized spacial score (nSPS) is 10.6. The van der Waals surface area contributed by atoms with Gasteiger partial charge in [-0.3, -0.25) is 0 Å². The van der Waals surface area contributed by atoms with E-state index in [0.717, 1.165) is 11.1 Å². The van der Waals surface area contributed by atoms with E-state index in [1.807, 2.05) is 60.7 Å². The highest BCUT2D eigenvalue weighted by Crippen LogP contribution is 2.22. The maximum atomic E-state index is 11.8. The number of benzene rings is 3. The van der Waals surface area contributed by atoms with Gasteiger partial charge in [0.1, 0.15) is 0 Å². The number of carboxylic acid groups (broad SMARTS) is 2. The molecule has 3 rings (SSSR count). The maximum Gasteiger partial charge on any atom is 0.335 e. The first-order valence-electron chi connectivity index (χ1n) is 9.25. The van der Waals surface area contributed by atoms with Gasteiger partial charge in [0.05, 0.1) is 11.1 Å². The molecule has 3 aromatic rings. The van der Waals surface area contributed by atoms with E-state index in [1.165, 1.54) is 12.1 Å². The molecule has 0 aliphatic rings. The number of carbonyl (C=O) groups is 2. The molecule has 0 saturated carbocycles. The van der Waals surface area contributed by atoms with Crippen LogP contribution in [0.1, 0.15) is 43.0 Å². The molecule has 0 bridgehead atoms. The van der Waals surface area contributed by atoms with Crippen molar-refractivity contribution in [2.24, 2.45) is 0 Å². The first kappa shape index (κ1) is 19.4. The molecule has 3 aromatic carbocycles. The topological polar surface area (TPSA) is 74.6 Å². The molecule has 0 aromatic heterocycles. The molecule has 2 N–H and O–H groups in total. The van der Waals surface area contributed by atoms with E-state index >= 15 is 0 Å². The van der Waals surface area contributed by atoms with Crippen LogP contribution < -0.4 is 0 Å². The van der Waals surface area contributed by atoms with Crippen molar-refractivity contribution in [1.29, 1.82) is 0 Å². The number of aromatic carboxylic acids is 2. The van der Waals surface area contributed by atoms with Crippen molar-refractivity contribution >= 4 is 11.9 Å². The molecule has 28 heavy (non-hydrogen) atoms. The molecule has 0 aliphatic heterocycles. The van der Waals surface area contributed by atoms with Gasteiger partial charge in [0, 0.05) is 0 Å². The van der Waals surface area contributed by atoms with Crippen molar-refractivity contribution in [2.75, 3.05) is 0 Å². The Labute approximate surface area is 164 Å². The van der Waals surface area contributed by atoms with Crippen LogP contribution in [-0.2, 0) is 25.7 Å². The summed E-state index contributed by atoms with van der Waals surface area (Å²) in [5.41, 5.74) is 3.65. The van der Waals surface area contributed by atoms with Gasteiger partial charge in [0.15, 0.2) is 0 Å². The van der Waals surface area contributed by atoms with Gasteiger partial charge < -0.3 is 10.2 Å².